The standard InChI is InChI=1S/C20H26FN5O8S/c21-16-9-15(33-11-13-2-1-7-22-13)5-3-12(16)8-18(27)23-24-19(28)17-6-4-14-10-25(17)20(29)26(14)34-35(30,31)32/h3,5,9,13-14,17,22H,1-2,4,6-8,10-11H2,(H,23,27)(H,24,28)(H,30,31,32)/t13-,14-,17+/m1/s1. The highest BCUT2D eigenvalue weighted by Crippen LogP contribution is 2.30. The number of carbonyl (C=O) groups excluding carboxylic acids is 3. The summed E-state index contributed by atoms with van der Waals surface area (Å²) in [6.45, 7) is 1.37. The molecule has 4 rings (SSSR count). The Morgan fingerprint density at radius 1 is 1.23 bits per heavy atom. The van der Waals surface area contributed by atoms with E-state index in [0.29, 0.717) is 17.4 Å². The van der Waals surface area contributed by atoms with Crippen LogP contribution < -0.4 is 20.9 Å². The summed E-state index contributed by atoms with van der Waals surface area (Å²) in [7, 11) is -4.90. The van der Waals surface area contributed by atoms with Crippen LogP contribution in [0.5, 0.6) is 5.75 Å². The molecular formula is C20H26FN5O8S. The molecule has 3 atom stereocenters. The highest BCUT2D eigenvalue weighted by atomic mass is 32.3. The Labute approximate surface area is 200 Å². The van der Waals surface area contributed by atoms with Gasteiger partial charge in [0.05, 0.1) is 12.5 Å². The van der Waals surface area contributed by atoms with E-state index in [0.717, 1.165) is 24.3 Å². The molecule has 3 aliphatic rings. The predicted octanol–water partition coefficient (Wildman–Crippen LogP) is -0.351. The highest BCUT2D eigenvalue weighted by molar-refractivity contribution is 7.80. The lowest BCUT2D eigenvalue weighted by Crippen LogP contribution is -2.54. The summed E-state index contributed by atoms with van der Waals surface area (Å²) >= 11 is 0. The van der Waals surface area contributed by atoms with Crippen molar-refractivity contribution in [3.8, 4) is 5.75 Å². The summed E-state index contributed by atoms with van der Waals surface area (Å²) in [5, 5.41) is 3.79. The van der Waals surface area contributed by atoms with Gasteiger partial charge in [-0.2, -0.15) is 13.5 Å². The van der Waals surface area contributed by atoms with Gasteiger partial charge in [0.2, 0.25) is 5.91 Å². The second-order valence-electron chi connectivity index (χ2n) is 8.58. The first kappa shape index (κ1) is 25.1. The van der Waals surface area contributed by atoms with Crippen LogP contribution in [0, 0.1) is 5.82 Å². The van der Waals surface area contributed by atoms with E-state index in [1.807, 2.05) is 0 Å². The molecule has 13 nitrogen and oxygen atoms in total. The molecule has 3 saturated heterocycles. The monoisotopic (exact) mass is 515 g/mol. The van der Waals surface area contributed by atoms with Crippen LogP contribution in [-0.2, 0) is 30.7 Å². The number of halogens is 1. The lowest BCUT2D eigenvalue weighted by Gasteiger charge is -2.29. The number of benzene rings is 1. The fourth-order valence-electron chi connectivity index (χ4n) is 4.39. The lowest BCUT2D eigenvalue weighted by molar-refractivity contribution is -0.131. The number of nitrogens with zero attached hydrogens (tertiary/aromatic N) is 2. The number of hydrogen-bond acceptors (Lipinski definition) is 8. The molecule has 3 heterocycles. The van der Waals surface area contributed by atoms with E-state index in [2.05, 4.69) is 20.5 Å². The van der Waals surface area contributed by atoms with E-state index in [1.54, 1.807) is 6.07 Å². The number of carbonyl (C=O) groups is 3. The number of urea groups is 1. The molecule has 2 bridgehead atoms. The molecule has 4 N–H and O–H groups in total. The van der Waals surface area contributed by atoms with Gasteiger partial charge >= 0.3 is 16.4 Å². The van der Waals surface area contributed by atoms with Crippen LogP contribution in [0.15, 0.2) is 18.2 Å². The van der Waals surface area contributed by atoms with Crippen molar-refractivity contribution in [3.63, 3.8) is 0 Å². The quantitative estimate of drug-likeness (QED) is 0.267. The van der Waals surface area contributed by atoms with Crippen molar-refractivity contribution < 1.29 is 40.8 Å². The number of fused-ring (bicyclic) bond motifs is 2. The van der Waals surface area contributed by atoms with Gasteiger partial charge in [-0.15, -0.1) is 4.28 Å². The van der Waals surface area contributed by atoms with Gasteiger partial charge in [-0.25, -0.2) is 9.18 Å². The minimum atomic E-state index is -4.90. The van der Waals surface area contributed by atoms with Gasteiger partial charge in [0.15, 0.2) is 0 Å². The maximum Gasteiger partial charge on any atom is 0.418 e. The lowest BCUT2D eigenvalue weighted by atomic mass is 10.0. The number of hydrogen-bond donors (Lipinski definition) is 4. The molecule has 0 saturated carbocycles. The summed E-state index contributed by atoms with van der Waals surface area (Å²) < 4.78 is 55.0. The van der Waals surface area contributed by atoms with E-state index in [1.165, 1.54) is 12.1 Å². The van der Waals surface area contributed by atoms with Crippen molar-refractivity contribution in [2.45, 2.75) is 50.2 Å². The molecule has 3 aliphatic heterocycles. The number of nitrogens with one attached hydrogen (secondary N) is 3. The van der Waals surface area contributed by atoms with E-state index < -0.39 is 46.1 Å². The SMILES string of the molecule is O=C(Cc1ccc(OC[C@H]2CCCN2)cc1F)NNC(=O)[C@@H]1CC[C@@H]2CN1C(=O)N2OS(=O)(=O)O. The fraction of sp³-hybridized carbons (Fsp3) is 0.550. The van der Waals surface area contributed by atoms with Crippen molar-refractivity contribution >= 4 is 28.2 Å². The van der Waals surface area contributed by atoms with Crippen LogP contribution >= 0.6 is 0 Å². The molecule has 192 valence electrons. The Bertz CT molecular complexity index is 1100. The van der Waals surface area contributed by atoms with Crippen LogP contribution in [0.2, 0.25) is 0 Å². The Morgan fingerprint density at radius 3 is 2.71 bits per heavy atom. The average molecular weight is 516 g/mol. The highest BCUT2D eigenvalue weighted by Gasteiger charge is 2.49. The van der Waals surface area contributed by atoms with Crippen LogP contribution in [0.3, 0.4) is 0 Å². The molecule has 0 radical (unpaired) electrons. The third kappa shape index (κ3) is 6.17. The molecular weight excluding hydrogens is 489 g/mol. The normalized spacial score (nSPS) is 23.9. The van der Waals surface area contributed by atoms with Gasteiger partial charge in [0.25, 0.3) is 5.91 Å². The zero-order valence-corrected chi connectivity index (χ0v) is 19.4. The van der Waals surface area contributed by atoms with Gasteiger partial charge in [-0.05, 0) is 43.9 Å². The Balaban J connectivity index is 1.26. The molecule has 15 heteroatoms. The molecule has 1 aromatic rings. The smallest absolute Gasteiger partial charge is 0.418 e. The third-order valence-corrected chi connectivity index (χ3v) is 6.46. The van der Waals surface area contributed by atoms with E-state index >= 15 is 0 Å². The average Bonchev–Trinajstić information content (AvgIpc) is 3.40. The summed E-state index contributed by atoms with van der Waals surface area (Å²) in [6.07, 6.45) is 2.14. The molecule has 3 fully saturated rings. The van der Waals surface area contributed by atoms with Crippen molar-refractivity contribution in [1.82, 2.24) is 26.1 Å². The first-order chi connectivity index (χ1) is 16.6. The Kier molecular flexibility index (Phi) is 7.39. The van der Waals surface area contributed by atoms with Gasteiger partial charge < -0.3 is 15.0 Å². The van der Waals surface area contributed by atoms with Crippen molar-refractivity contribution in [2.75, 3.05) is 19.7 Å². The minimum Gasteiger partial charge on any atom is -0.492 e. The van der Waals surface area contributed by atoms with E-state index in [-0.39, 0.29) is 37.4 Å². The van der Waals surface area contributed by atoms with E-state index in [4.69, 9.17) is 9.29 Å². The molecule has 35 heavy (non-hydrogen) atoms. The molecule has 0 aromatic heterocycles. The minimum absolute atomic E-state index is 0.0107. The van der Waals surface area contributed by atoms with Crippen molar-refractivity contribution in [1.29, 1.82) is 0 Å². The van der Waals surface area contributed by atoms with Crippen LogP contribution in [0.25, 0.3) is 0 Å². The third-order valence-electron chi connectivity index (χ3n) is 6.11. The summed E-state index contributed by atoms with van der Waals surface area (Å²) in [6, 6.07) is 1.90. The van der Waals surface area contributed by atoms with Gasteiger partial charge in [-0.1, -0.05) is 6.07 Å². The second-order valence-corrected chi connectivity index (χ2v) is 9.59. The second kappa shape index (κ2) is 10.3. The van der Waals surface area contributed by atoms with E-state index in [9.17, 15) is 27.2 Å². The maximum absolute atomic E-state index is 14.4. The molecule has 0 aliphatic carbocycles. The molecule has 0 unspecified atom stereocenters. The number of ether oxygens (including phenoxy) is 1. The summed E-state index contributed by atoms with van der Waals surface area (Å²) in [5.41, 5.74) is 4.51. The zero-order chi connectivity index (χ0) is 25.2. The van der Waals surface area contributed by atoms with Gasteiger partial charge in [0.1, 0.15) is 24.2 Å². The number of piperidine rings is 1. The number of hydroxylamine groups is 2. The molecule has 1 aromatic carbocycles. The number of amides is 4. The maximum atomic E-state index is 14.4. The predicted molar refractivity (Wildman–Crippen MR) is 116 cm³/mol. The number of rotatable bonds is 8. The van der Waals surface area contributed by atoms with Crippen LogP contribution in [0.4, 0.5) is 9.18 Å². The first-order valence-electron chi connectivity index (χ1n) is 11.1. The molecule has 4 amide bonds. The van der Waals surface area contributed by atoms with Crippen LogP contribution in [0.1, 0.15) is 31.2 Å². The fourth-order valence-corrected chi connectivity index (χ4v) is 4.78. The zero-order valence-electron chi connectivity index (χ0n) is 18.6. The summed E-state index contributed by atoms with van der Waals surface area (Å²) in [5.74, 6) is -1.66. The molecule has 0 spiro atoms. The topological polar surface area (TPSA) is 167 Å². The Hall–Kier alpha value is -3.01. The first-order valence-corrected chi connectivity index (χ1v) is 12.5. The van der Waals surface area contributed by atoms with Gasteiger partial charge in [-0.3, -0.25) is 25.0 Å². The largest absolute Gasteiger partial charge is 0.492 e. The summed E-state index contributed by atoms with van der Waals surface area (Å²) in [4.78, 5) is 38.2. The van der Waals surface area contributed by atoms with Crippen molar-refractivity contribution in [3.05, 3.63) is 29.6 Å². The van der Waals surface area contributed by atoms with Crippen LogP contribution in [-0.4, -0.2) is 78.6 Å². The van der Waals surface area contributed by atoms with Crippen molar-refractivity contribution in [2.24, 2.45) is 0 Å². The number of hydrazine groups is 1. The Morgan fingerprint density at radius 2 is 2.03 bits per heavy atom. The van der Waals surface area contributed by atoms with Gasteiger partial charge in [0, 0.05) is 18.7 Å².